The minimum Gasteiger partial charge on any atom is -0.496 e. The van der Waals surface area contributed by atoms with Gasteiger partial charge in [0, 0.05) is 5.69 Å². The number of aliphatic carboxylic acids is 1. The molecule has 4 nitrogen and oxygen atoms in total. The fourth-order valence-electron chi connectivity index (χ4n) is 1.86. The first kappa shape index (κ1) is 15.3. The molecule has 0 aliphatic rings. The normalized spacial score (nSPS) is 11.8. The van der Waals surface area contributed by atoms with Crippen molar-refractivity contribution in [1.29, 1.82) is 0 Å². The van der Waals surface area contributed by atoms with Gasteiger partial charge in [0.1, 0.15) is 11.6 Å². The van der Waals surface area contributed by atoms with Gasteiger partial charge in [0.15, 0.2) is 6.04 Å². The van der Waals surface area contributed by atoms with E-state index in [-0.39, 0.29) is 5.82 Å². The van der Waals surface area contributed by atoms with Crippen molar-refractivity contribution in [2.24, 2.45) is 0 Å². The molecule has 21 heavy (non-hydrogen) atoms. The van der Waals surface area contributed by atoms with E-state index in [1.165, 1.54) is 31.4 Å². The SMILES string of the molecule is COc1ccc(C(Nc2ccc(F)cc2)C(=O)O)cc1Br. The molecule has 0 aromatic heterocycles. The number of carboxylic acid groups (broad SMARTS) is 1. The number of hydrogen-bond acceptors (Lipinski definition) is 3. The second-order valence-corrected chi connectivity index (χ2v) is 5.17. The second-order valence-electron chi connectivity index (χ2n) is 4.32. The van der Waals surface area contributed by atoms with Crippen LogP contribution in [0.3, 0.4) is 0 Å². The molecule has 0 fully saturated rings. The highest BCUT2D eigenvalue weighted by Crippen LogP contribution is 2.29. The highest BCUT2D eigenvalue weighted by Gasteiger charge is 2.20. The summed E-state index contributed by atoms with van der Waals surface area (Å²) in [6.45, 7) is 0. The van der Waals surface area contributed by atoms with Crippen LogP contribution in [0.25, 0.3) is 0 Å². The zero-order valence-corrected chi connectivity index (χ0v) is 12.7. The van der Waals surface area contributed by atoms with Crippen molar-refractivity contribution in [3.05, 3.63) is 58.3 Å². The molecule has 0 radical (unpaired) electrons. The maximum Gasteiger partial charge on any atom is 0.330 e. The number of carbonyl (C=O) groups is 1. The summed E-state index contributed by atoms with van der Waals surface area (Å²) >= 11 is 3.32. The second kappa shape index (κ2) is 6.58. The van der Waals surface area contributed by atoms with E-state index in [1.54, 1.807) is 18.2 Å². The lowest BCUT2D eigenvalue weighted by molar-refractivity contribution is -0.138. The van der Waals surface area contributed by atoms with Crippen LogP contribution in [-0.2, 0) is 4.79 Å². The van der Waals surface area contributed by atoms with E-state index in [9.17, 15) is 14.3 Å². The van der Waals surface area contributed by atoms with Crippen LogP contribution in [0.5, 0.6) is 5.75 Å². The molecule has 0 saturated carbocycles. The molecule has 6 heteroatoms. The molecule has 1 atom stereocenters. The van der Waals surface area contributed by atoms with Gasteiger partial charge in [-0.05, 0) is 57.9 Å². The van der Waals surface area contributed by atoms with E-state index < -0.39 is 12.0 Å². The number of halogens is 2. The fourth-order valence-corrected chi connectivity index (χ4v) is 2.42. The maximum absolute atomic E-state index is 12.9. The Bertz CT molecular complexity index is 646. The number of benzene rings is 2. The molecule has 1 unspecified atom stereocenters. The number of methoxy groups -OCH3 is 1. The highest BCUT2D eigenvalue weighted by atomic mass is 79.9. The van der Waals surface area contributed by atoms with Crippen LogP contribution in [0.15, 0.2) is 46.9 Å². The molecule has 0 amide bonds. The quantitative estimate of drug-likeness (QED) is 0.857. The molecule has 0 heterocycles. The maximum atomic E-state index is 12.9. The van der Waals surface area contributed by atoms with Crippen molar-refractivity contribution in [2.45, 2.75) is 6.04 Å². The van der Waals surface area contributed by atoms with Gasteiger partial charge in [-0.2, -0.15) is 0 Å². The Morgan fingerprint density at radius 2 is 1.95 bits per heavy atom. The zero-order chi connectivity index (χ0) is 15.4. The molecule has 2 N–H and O–H groups in total. The first-order valence-electron chi connectivity index (χ1n) is 6.09. The van der Waals surface area contributed by atoms with Crippen LogP contribution in [0.2, 0.25) is 0 Å². The molecule has 2 rings (SSSR count). The molecule has 0 aliphatic heterocycles. The van der Waals surface area contributed by atoms with Gasteiger partial charge in [-0.15, -0.1) is 0 Å². The Morgan fingerprint density at radius 3 is 2.48 bits per heavy atom. The third kappa shape index (κ3) is 3.72. The molecular formula is C15H13BrFNO3. The van der Waals surface area contributed by atoms with Crippen molar-refractivity contribution in [3.63, 3.8) is 0 Å². The van der Waals surface area contributed by atoms with Crippen molar-refractivity contribution in [3.8, 4) is 5.75 Å². The van der Waals surface area contributed by atoms with Gasteiger partial charge in [0.25, 0.3) is 0 Å². The topological polar surface area (TPSA) is 58.6 Å². The van der Waals surface area contributed by atoms with Crippen LogP contribution in [0.4, 0.5) is 10.1 Å². The zero-order valence-electron chi connectivity index (χ0n) is 11.1. The third-order valence-corrected chi connectivity index (χ3v) is 3.53. The van der Waals surface area contributed by atoms with Crippen LogP contribution in [0.1, 0.15) is 11.6 Å². The number of ether oxygens (including phenoxy) is 1. The lowest BCUT2D eigenvalue weighted by atomic mass is 10.1. The summed E-state index contributed by atoms with van der Waals surface area (Å²) in [5.41, 5.74) is 1.08. The van der Waals surface area contributed by atoms with Gasteiger partial charge < -0.3 is 15.2 Å². The minimum absolute atomic E-state index is 0.375. The first-order valence-corrected chi connectivity index (χ1v) is 6.89. The Morgan fingerprint density at radius 1 is 1.29 bits per heavy atom. The monoisotopic (exact) mass is 353 g/mol. The van der Waals surface area contributed by atoms with E-state index >= 15 is 0 Å². The lowest BCUT2D eigenvalue weighted by Gasteiger charge is -2.17. The van der Waals surface area contributed by atoms with Gasteiger partial charge in [0.05, 0.1) is 11.6 Å². The van der Waals surface area contributed by atoms with E-state index in [4.69, 9.17) is 4.74 Å². The van der Waals surface area contributed by atoms with Crippen molar-refractivity contribution >= 4 is 27.6 Å². The lowest BCUT2D eigenvalue weighted by Crippen LogP contribution is -2.20. The first-order chi connectivity index (χ1) is 10.0. The number of rotatable bonds is 5. The van der Waals surface area contributed by atoms with Crippen LogP contribution in [-0.4, -0.2) is 18.2 Å². The predicted octanol–water partition coefficient (Wildman–Crippen LogP) is 3.83. The average Bonchev–Trinajstić information content (AvgIpc) is 2.46. The summed E-state index contributed by atoms with van der Waals surface area (Å²) in [4.78, 5) is 11.5. The van der Waals surface area contributed by atoms with Crippen molar-refractivity contribution in [2.75, 3.05) is 12.4 Å². The van der Waals surface area contributed by atoms with Crippen molar-refractivity contribution in [1.82, 2.24) is 0 Å². The van der Waals surface area contributed by atoms with Gasteiger partial charge in [-0.25, -0.2) is 9.18 Å². The average molecular weight is 354 g/mol. The third-order valence-electron chi connectivity index (χ3n) is 2.91. The number of anilines is 1. The molecule has 0 aliphatic carbocycles. The van der Waals surface area contributed by atoms with E-state index in [2.05, 4.69) is 21.2 Å². The highest BCUT2D eigenvalue weighted by molar-refractivity contribution is 9.10. The summed E-state index contributed by atoms with van der Waals surface area (Å²) in [7, 11) is 1.53. The van der Waals surface area contributed by atoms with Gasteiger partial charge in [-0.3, -0.25) is 0 Å². The number of hydrogen-bond donors (Lipinski definition) is 2. The van der Waals surface area contributed by atoms with Crippen LogP contribution in [0, 0.1) is 5.82 Å². The number of nitrogens with one attached hydrogen (secondary N) is 1. The molecule has 2 aromatic rings. The van der Waals surface area contributed by atoms with Crippen LogP contribution < -0.4 is 10.1 Å². The van der Waals surface area contributed by atoms with E-state index in [0.29, 0.717) is 21.5 Å². The summed E-state index contributed by atoms with van der Waals surface area (Å²) in [5.74, 6) is -0.791. The molecule has 110 valence electrons. The predicted molar refractivity (Wildman–Crippen MR) is 81.1 cm³/mol. The van der Waals surface area contributed by atoms with Gasteiger partial charge in [-0.1, -0.05) is 6.07 Å². The Labute approximate surface area is 129 Å². The van der Waals surface area contributed by atoms with Gasteiger partial charge >= 0.3 is 5.97 Å². The Hall–Kier alpha value is -2.08. The smallest absolute Gasteiger partial charge is 0.330 e. The summed E-state index contributed by atoms with van der Waals surface area (Å²) < 4.78 is 18.7. The Kier molecular flexibility index (Phi) is 4.80. The summed E-state index contributed by atoms with van der Waals surface area (Å²) in [5, 5.41) is 12.2. The van der Waals surface area contributed by atoms with E-state index in [0.717, 1.165) is 0 Å². The molecular weight excluding hydrogens is 341 g/mol. The number of carboxylic acids is 1. The van der Waals surface area contributed by atoms with Gasteiger partial charge in [0.2, 0.25) is 0 Å². The molecule has 0 bridgehead atoms. The molecule has 0 saturated heterocycles. The van der Waals surface area contributed by atoms with Crippen molar-refractivity contribution < 1.29 is 19.0 Å². The fraction of sp³-hybridized carbons (Fsp3) is 0.133. The molecule has 2 aromatic carbocycles. The Balaban J connectivity index is 2.28. The summed E-state index contributed by atoms with van der Waals surface area (Å²) in [6.07, 6.45) is 0. The minimum atomic E-state index is -1.03. The summed E-state index contributed by atoms with van der Waals surface area (Å²) in [6, 6.07) is 9.59. The van der Waals surface area contributed by atoms with E-state index in [1.807, 2.05) is 0 Å². The van der Waals surface area contributed by atoms with Crippen LogP contribution >= 0.6 is 15.9 Å². The standard InChI is InChI=1S/C15H13BrFNO3/c1-21-13-7-2-9(8-12(13)16)14(15(19)20)18-11-5-3-10(17)4-6-11/h2-8,14,18H,1H3,(H,19,20). The largest absolute Gasteiger partial charge is 0.496 e. The molecule has 0 spiro atoms.